The van der Waals surface area contributed by atoms with Gasteiger partial charge >= 0.3 is 0 Å². The third-order valence-corrected chi connectivity index (χ3v) is 4.81. The molecule has 4 aromatic rings. The fourth-order valence-corrected chi connectivity index (χ4v) is 3.36. The van der Waals surface area contributed by atoms with Crippen LogP contribution in [0.1, 0.15) is 21.8 Å². The average Bonchev–Trinajstić information content (AvgIpc) is 3.26. The van der Waals surface area contributed by atoms with Gasteiger partial charge in [-0.1, -0.05) is 12.1 Å². The number of nitrogens with zero attached hydrogens (tertiary/aromatic N) is 2. The monoisotopic (exact) mass is 349 g/mol. The maximum Gasteiger partial charge on any atom is 0.253 e. The highest BCUT2D eigenvalue weighted by Crippen LogP contribution is 2.31. The summed E-state index contributed by atoms with van der Waals surface area (Å²) in [4.78, 5) is 20.8. The van der Waals surface area contributed by atoms with Crippen LogP contribution in [0.15, 0.2) is 59.1 Å². The number of pyridine rings is 1. The highest BCUT2D eigenvalue weighted by atomic mass is 32.1. The van der Waals surface area contributed by atoms with Crippen LogP contribution in [0.5, 0.6) is 0 Å². The number of carbonyl (C=O) groups excluding carboxylic acids is 1. The van der Waals surface area contributed by atoms with Crippen molar-refractivity contribution in [2.45, 2.75) is 13.5 Å². The lowest BCUT2D eigenvalue weighted by atomic mass is 10.2. The van der Waals surface area contributed by atoms with E-state index in [9.17, 15) is 4.79 Å². The highest BCUT2D eigenvalue weighted by Gasteiger charge is 2.11. The number of rotatable bonds is 4. The Hall–Kier alpha value is -2.99. The molecular formula is C19H15N3O2S. The molecule has 1 amide bonds. The van der Waals surface area contributed by atoms with E-state index in [1.165, 1.54) is 0 Å². The standard InChI is InChI=1S/C19H15N3O2S/c1-12-6-7-13(10-20-12)18(23)21-11-14-8-9-16(24-14)19-22-15-4-2-3-5-17(15)25-19/h2-10H,11H2,1H3,(H,21,23). The molecule has 0 spiro atoms. The Kier molecular flexibility index (Phi) is 4.03. The molecule has 0 saturated heterocycles. The van der Waals surface area contributed by atoms with Gasteiger partial charge in [0.25, 0.3) is 5.91 Å². The van der Waals surface area contributed by atoms with E-state index in [0.29, 0.717) is 23.6 Å². The first-order valence-electron chi connectivity index (χ1n) is 7.84. The molecule has 1 N–H and O–H groups in total. The minimum atomic E-state index is -0.176. The van der Waals surface area contributed by atoms with E-state index < -0.39 is 0 Å². The van der Waals surface area contributed by atoms with Gasteiger partial charge in [0, 0.05) is 11.9 Å². The number of para-hydroxylation sites is 1. The van der Waals surface area contributed by atoms with Gasteiger partial charge in [-0.05, 0) is 43.3 Å². The first kappa shape index (κ1) is 15.5. The quantitative estimate of drug-likeness (QED) is 0.600. The van der Waals surface area contributed by atoms with Crippen molar-refractivity contribution in [1.82, 2.24) is 15.3 Å². The van der Waals surface area contributed by atoms with Gasteiger partial charge < -0.3 is 9.73 Å². The number of hydrogen-bond acceptors (Lipinski definition) is 5. The maximum atomic E-state index is 12.1. The molecule has 3 aromatic heterocycles. The number of thiazole rings is 1. The Morgan fingerprint density at radius 1 is 1.16 bits per heavy atom. The van der Waals surface area contributed by atoms with Crippen LogP contribution >= 0.6 is 11.3 Å². The van der Waals surface area contributed by atoms with Gasteiger partial charge in [-0.2, -0.15) is 0 Å². The Bertz CT molecular complexity index is 1000. The Morgan fingerprint density at radius 3 is 2.84 bits per heavy atom. The Labute approximate surface area is 148 Å². The van der Waals surface area contributed by atoms with Crippen LogP contribution in [0.25, 0.3) is 21.0 Å². The zero-order valence-corrected chi connectivity index (χ0v) is 14.3. The number of furan rings is 1. The van der Waals surface area contributed by atoms with E-state index in [-0.39, 0.29) is 5.91 Å². The van der Waals surface area contributed by atoms with Gasteiger partial charge in [0.1, 0.15) is 5.76 Å². The van der Waals surface area contributed by atoms with Gasteiger partial charge in [0.2, 0.25) is 0 Å². The van der Waals surface area contributed by atoms with Crippen molar-refractivity contribution in [3.63, 3.8) is 0 Å². The third kappa shape index (κ3) is 3.29. The van der Waals surface area contributed by atoms with Crippen LogP contribution < -0.4 is 5.32 Å². The molecule has 0 aliphatic heterocycles. The molecule has 0 aliphatic carbocycles. The summed E-state index contributed by atoms with van der Waals surface area (Å²) in [7, 11) is 0. The van der Waals surface area contributed by atoms with Crippen molar-refractivity contribution in [1.29, 1.82) is 0 Å². The number of hydrogen-bond donors (Lipinski definition) is 1. The molecule has 6 heteroatoms. The van der Waals surface area contributed by atoms with Crippen molar-refractivity contribution in [3.8, 4) is 10.8 Å². The average molecular weight is 349 g/mol. The molecule has 25 heavy (non-hydrogen) atoms. The molecule has 4 rings (SSSR count). The fraction of sp³-hybridized carbons (Fsp3) is 0.105. The van der Waals surface area contributed by atoms with Gasteiger partial charge in [-0.25, -0.2) is 4.98 Å². The van der Waals surface area contributed by atoms with Crippen LogP contribution in [-0.2, 0) is 6.54 Å². The summed E-state index contributed by atoms with van der Waals surface area (Å²) >= 11 is 1.59. The summed E-state index contributed by atoms with van der Waals surface area (Å²) < 4.78 is 6.94. The molecule has 0 radical (unpaired) electrons. The van der Waals surface area contributed by atoms with E-state index in [1.54, 1.807) is 23.6 Å². The number of fused-ring (bicyclic) bond motifs is 1. The largest absolute Gasteiger partial charge is 0.457 e. The summed E-state index contributed by atoms with van der Waals surface area (Å²) in [5, 5.41) is 3.67. The predicted octanol–water partition coefficient (Wildman–Crippen LogP) is 4.19. The van der Waals surface area contributed by atoms with Crippen molar-refractivity contribution < 1.29 is 9.21 Å². The first-order chi connectivity index (χ1) is 12.2. The van der Waals surface area contributed by atoms with Gasteiger partial charge in [-0.3, -0.25) is 9.78 Å². The number of aryl methyl sites for hydroxylation is 1. The second kappa shape index (κ2) is 6.49. The summed E-state index contributed by atoms with van der Waals surface area (Å²) in [5.74, 6) is 1.22. The Balaban J connectivity index is 1.46. The van der Waals surface area contributed by atoms with Gasteiger partial charge in [-0.15, -0.1) is 11.3 Å². The number of benzene rings is 1. The molecule has 0 atom stereocenters. The summed E-state index contributed by atoms with van der Waals surface area (Å²) in [6, 6.07) is 15.3. The smallest absolute Gasteiger partial charge is 0.253 e. The van der Waals surface area contributed by atoms with Crippen molar-refractivity contribution >= 4 is 27.5 Å². The molecule has 1 aromatic carbocycles. The van der Waals surface area contributed by atoms with Crippen molar-refractivity contribution in [3.05, 3.63) is 71.7 Å². The van der Waals surface area contributed by atoms with E-state index in [2.05, 4.69) is 15.3 Å². The van der Waals surface area contributed by atoms with E-state index >= 15 is 0 Å². The van der Waals surface area contributed by atoms with Crippen molar-refractivity contribution in [2.75, 3.05) is 0 Å². The second-order valence-electron chi connectivity index (χ2n) is 5.62. The maximum absolute atomic E-state index is 12.1. The summed E-state index contributed by atoms with van der Waals surface area (Å²) in [6.07, 6.45) is 1.57. The normalized spacial score (nSPS) is 10.9. The predicted molar refractivity (Wildman–Crippen MR) is 97.5 cm³/mol. The minimum absolute atomic E-state index is 0.176. The van der Waals surface area contributed by atoms with E-state index in [0.717, 1.165) is 20.9 Å². The van der Waals surface area contributed by atoms with E-state index in [1.807, 2.05) is 49.4 Å². The number of amides is 1. The Morgan fingerprint density at radius 2 is 2.04 bits per heavy atom. The molecule has 0 fully saturated rings. The first-order valence-corrected chi connectivity index (χ1v) is 8.66. The lowest BCUT2D eigenvalue weighted by molar-refractivity contribution is 0.0947. The lowest BCUT2D eigenvalue weighted by Crippen LogP contribution is -2.22. The number of carbonyl (C=O) groups is 1. The second-order valence-corrected chi connectivity index (χ2v) is 6.65. The van der Waals surface area contributed by atoms with Gasteiger partial charge in [0.15, 0.2) is 10.8 Å². The molecule has 0 bridgehead atoms. The molecule has 0 unspecified atom stereocenters. The van der Waals surface area contributed by atoms with Crippen LogP contribution in [0.3, 0.4) is 0 Å². The van der Waals surface area contributed by atoms with Crippen molar-refractivity contribution in [2.24, 2.45) is 0 Å². The molecule has 3 heterocycles. The van der Waals surface area contributed by atoms with Crippen LogP contribution in [-0.4, -0.2) is 15.9 Å². The number of aromatic nitrogens is 2. The summed E-state index contributed by atoms with van der Waals surface area (Å²) in [6.45, 7) is 2.20. The van der Waals surface area contributed by atoms with Crippen LogP contribution in [0, 0.1) is 6.92 Å². The fourth-order valence-electron chi connectivity index (χ4n) is 2.44. The molecule has 0 saturated carbocycles. The molecule has 124 valence electrons. The van der Waals surface area contributed by atoms with Gasteiger partial charge in [0.05, 0.1) is 22.3 Å². The zero-order valence-electron chi connectivity index (χ0n) is 13.5. The lowest BCUT2D eigenvalue weighted by Gasteiger charge is -2.03. The SMILES string of the molecule is Cc1ccc(C(=O)NCc2ccc(-c3nc4ccccc4s3)o2)cn1. The van der Waals surface area contributed by atoms with Crippen LogP contribution in [0.2, 0.25) is 0 Å². The third-order valence-electron chi connectivity index (χ3n) is 3.76. The zero-order chi connectivity index (χ0) is 17.2. The number of nitrogens with one attached hydrogen (secondary N) is 1. The summed E-state index contributed by atoms with van der Waals surface area (Å²) in [5.41, 5.74) is 2.37. The highest BCUT2D eigenvalue weighted by molar-refractivity contribution is 7.21. The van der Waals surface area contributed by atoms with Crippen LogP contribution in [0.4, 0.5) is 0 Å². The molecular weight excluding hydrogens is 334 g/mol. The topological polar surface area (TPSA) is 68.0 Å². The molecule has 0 aliphatic rings. The minimum Gasteiger partial charge on any atom is -0.457 e. The molecule has 5 nitrogen and oxygen atoms in total. The van der Waals surface area contributed by atoms with E-state index in [4.69, 9.17) is 4.42 Å².